The normalized spacial score (nSPS) is 21.1. The molecule has 0 aliphatic heterocycles. The van der Waals surface area contributed by atoms with Crippen molar-refractivity contribution in [1.29, 1.82) is 0 Å². The average Bonchev–Trinajstić information content (AvgIpc) is 2.99. The smallest absolute Gasteiger partial charge is 0.330 e. The number of carbonyl (C=O) groups is 2. The van der Waals surface area contributed by atoms with Crippen LogP contribution < -0.4 is 5.32 Å². The second kappa shape index (κ2) is 4.93. The van der Waals surface area contributed by atoms with Gasteiger partial charge in [-0.05, 0) is 42.4 Å². The van der Waals surface area contributed by atoms with Crippen LogP contribution in [0.3, 0.4) is 0 Å². The van der Waals surface area contributed by atoms with Crippen LogP contribution in [0.1, 0.15) is 43.0 Å². The van der Waals surface area contributed by atoms with Gasteiger partial charge < -0.3 is 10.4 Å². The van der Waals surface area contributed by atoms with Crippen molar-refractivity contribution in [3.63, 3.8) is 0 Å². The Bertz CT molecular complexity index is 563. The lowest BCUT2D eigenvalue weighted by Crippen LogP contribution is -2.36. The van der Waals surface area contributed by atoms with E-state index in [9.17, 15) is 14.7 Å². The molecule has 0 radical (unpaired) electrons. The van der Waals surface area contributed by atoms with Crippen LogP contribution in [0.25, 0.3) is 0 Å². The minimum Gasteiger partial charge on any atom is -0.479 e. The van der Waals surface area contributed by atoms with Crippen LogP contribution in [0.4, 0.5) is 0 Å². The van der Waals surface area contributed by atoms with E-state index in [-0.39, 0.29) is 17.2 Å². The molecule has 1 aromatic rings. The summed E-state index contributed by atoms with van der Waals surface area (Å²) in [7, 11) is 0. The van der Waals surface area contributed by atoms with Crippen LogP contribution in [-0.2, 0) is 9.59 Å². The Kier molecular flexibility index (Phi) is 3.59. The maximum absolute atomic E-state index is 12.1. The molecule has 2 rings (SSSR count). The highest BCUT2D eigenvalue weighted by molar-refractivity contribution is 5.88. The first-order chi connectivity index (χ1) is 9.24. The molecule has 2 unspecified atom stereocenters. The summed E-state index contributed by atoms with van der Waals surface area (Å²) in [5, 5.41) is 12.1. The third-order valence-corrected chi connectivity index (χ3v) is 4.32. The van der Waals surface area contributed by atoms with Crippen LogP contribution >= 0.6 is 0 Å². The molecule has 1 saturated carbocycles. The molecule has 0 aromatic heterocycles. The molecule has 2 N–H and O–H groups in total. The van der Waals surface area contributed by atoms with E-state index in [2.05, 4.69) is 5.32 Å². The van der Waals surface area contributed by atoms with Gasteiger partial charge in [0.1, 0.15) is 0 Å². The third-order valence-electron chi connectivity index (χ3n) is 4.32. The van der Waals surface area contributed by atoms with E-state index < -0.39 is 12.0 Å². The zero-order chi connectivity index (χ0) is 15.1. The van der Waals surface area contributed by atoms with E-state index in [1.165, 1.54) is 0 Å². The van der Waals surface area contributed by atoms with E-state index in [0.717, 1.165) is 17.5 Å². The van der Waals surface area contributed by atoms with Crippen LogP contribution in [0, 0.1) is 25.2 Å². The largest absolute Gasteiger partial charge is 0.479 e. The molecule has 0 heterocycles. The van der Waals surface area contributed by atoms with E-state index in [1.807, 2.05) is 39.8 Å². The van der Waals surface area contributed by atoms with Gasteiger partial charge in [0, 0.05) is 5.92 Å². The Hall–Kier alpha value is -1.84. The molecule has 1 fully saturated rings. The summed E-state index contributed by atoms with van der Waals surface area (Å²) in [6.45, 7) is 7.85. The minimum atomic E-state index is -1.02. The molecule has 1 aliphatic rings. The second-order valence-electron chi connectivity index (χ2n) is 6.31. The van der Waals surface area contributed by atoms with Crippen molar-refractivity contribution < 1.29 is 14.7 Å². The Morgan fingerprint density at radius 2 is 1.95 bits per heavy atom. The van der Waals surface area contributed by atoms with E-state index >= 15 is 0 Å². The van der Waals surface area contributed by atoms with Gasteiger partial charge in [-0.25, -0.2) is 4.79 Å². The van der Waals surface area contributed by atoms with Crippen LogP contribution in [0.5, 0.6) is 0 Å². The molecule has 4 heteroatoms. The number of hydrogen-bond acceptors (Lipinski definition) is 2. The van der Waals surface area contributed by atoms with E-state index in [0.29, 0.717) is 5.56 Å². The lowest BCUT2D eigenvalue weighted by molar-refractivity contribution is -0.142. The highest BCUT2D eigenvalue weighted by Crippen LogP contribution is 2.51. The number of carbonyl (C=O) groups excluding carboxylic acids is 1. The molecule has 0 saturated heterocycles. The Morgan fingerprint density at radius 1 is 1.35 bits per heavy atom. The van der Waals surface area contributed by atoms with Crippen molar-refractivity contribution in [3.05, 3.63) is 34.9 Å². The number of amides is 1. The molecule has 0 bridgehead atoms. The lowest BCUT2D eigenvalue weighted by atomic mass is 9.97. The number of nitrogens with one attached hydrogen (secondary N) is 1. The van der Waals surface area contributed by atoms with Crippen molar-refractivity contribution in [2.24, 2.45) is 11.3 Å². The molecule has 108 valence electrons. The molecule has 1 aliphatic carbocycles. The summed E-state index contributed by atoms with van der Waals surface area (Å²) in [5.41, 5.74) is 2.59. The highest BCUT2D eigenvalue weighted by Gasteiger charge is 2.51. The first-order valence-electron chi connectivity index (χ1n) is 6.83. The van der Waals surface area contributed by atoms with Gasteiger partial charge in [0.15, 0.2) is 6.04 Å². The van der Waals surface area contributed by atoms with Crippen LogP contribution in [0.15, 0.2) is 18.2 Å². The number of hydrogen-bond donors (Lipinski definition) is 2. The topological polar surface area (TPSA) is 66.4 Å². The summed E-state index contributed by atoms with van der Waals surface area (Å²) in [6.07, 6.45) is 0.817. The first-order valence-corrected chi connectivity index (χ1v) is 6.83. The van der Waals surface area contributed by atoms with Crippen molar-refractivity contribution in [1.82, 2.24) is 5.32 Å². The predicted octanol–water partition coefficient (Wildman–Crippen LogP) is 2.59. The van der Waals surface area contributed by atoms with Gasteiger partial charge in [-0.3, -0.25) is 4.79 Å². The first kappa shape index (κ1) is 14.6. The molecule has 2 atom stereocenters. The van der Waals surface area contributed by atoms with Crippen LogP contribution in [0.2, 0.25) is 0 Å². The third kappa shape index (κ3) is 2.69. The van der Waals surface area contributed by atoms with Crippen molar-refractivity contribution >= 4 is 11.9 Å². The number of rotatable bonds is 4. The Labute approximate surface area is 119 Å². The summed E-state index contributed by atoms with van der Waals surface area (Å²) in [5.74, 6) is -1.26. The highest BCUT2D eigenvalue weighted by atomic mass is 16.4. The van der Waals surface area contributed by atoms with Crippen molar-refractivity contribution in [2.45, 2.75) is 40.2 Å². The van der Waals surface area contributed by atoms with Gasteiger partial charge in [-0.1, -0.05) is 32.0 Å². The van der Waals surface area contributed by atoms with E-state index in [1.54, 1.807) is 6.07 Å². The van der Waals surface area contributed by atoms with Crippen molar-refractivity contribution in [3.8, 4) is 0 Å². The zero-order valence-corrected chi connectivity index (χ0v) is 12.4. The zero-order valence-electron chi connectivity index (χ0n) is 12.4. The summed E-state index contributed by atoms with van der Waals surface area (Å²) in [4.78, 5) is 23.6. The van der Waals surface area contributed by atoms with Crippen LogP contribution in [-0.4, -0.2) is 17.0 Å². The number of carboxylic acids is 1. The molecule has 0 spiro atoms. The SMILES string of the molecule is Cc1cccc(C(NC(=O)C2CC2(C)C)C(=O)O)c1C. The van der Waals surface area contributed by atoms with E-state index in [4.69, 9.17) is 0 Å². The van der Waals surface area contributed by atoms with Gasteiger partial charge in [0.05, 0.1) is 0 Å². The maximum atomic E-state index is 12.1. The average molecular weight is 275 g/mol. The van der Waals surface area contributed by atoms with Gasteiger partial charge in [-0.2, -0.15) is 0 Å². The molecule has 20 heavy (non-hydrogen) atoms. The molecule has 1 amide bonds. The minimum absolute atomic E-state index is 0.00517. The van der Waals surface area contributed by atoms with Gasteiger partial charge >= 0.3 is 5.97 Å². The number of benzene rings is 1. The second-order valence-corrected chi connectivity index (χ2v) is 6.31. The Morgan fingerprint density at radius 3 is 2.45 bits per heavy atom. The van der Waals surface area contributed by atoms with Crippen molar-refractivity contribution in [2.75, 3.05) is 0 Å². The summed E-state index contributed by atoms with van der Waals surface area (Å²) < 4.78 is 0. The summed E-state index contributed by atoms with van der Waals surface area (Å²) in [6, 6.07) is 4.54. The molecule has 4 nitrogen and oxygen atoms in total. The summed E-state index contributed by atoms with van der Waals surface area (Å²) >= 11 is 0. The maximum Gasteiger partial charge on any atom is 0.330 e. The van der Waals surface area contributed by atoms with Gasteiger partial charge in [0.2, 0.25) is 5.91 Å². The quantitative estimate of drug-likeness (QED) is 0.887. The number of aryl methyl sites for hydroxylation is 1. The fourth-order valence-electron chi connectivity index (χ4n) is 2.52. The lowest BCUT2D eigenvalue weighted by Gasteiger charge is -2.18. The fourth-order valence-corrected chi connectivity index (χ4v) is 2.52. The molecular formula is C16H21NO3. The number of aliphatic carboxylic acids is 1. The monoisotopic (exact) mass is 275 g/mol. The standard InChI is InChI=1S/C16H21NO3/c1-9-6-5-7-11(10(9)2)13(15(19)20)17-14(18)12-8-16(12,3)4/h5-7,12-13H,8H2,1-4H3,(H,17,18)(H,19,20). The molecule has 1 aromatic carbocycles. The Balaban J connectivity index is 2.22. The van der Waals surface area contributed by atoms with Gasteiger partial charge in [-0.15, -0.1) is 0 Å². The predicted molar refractivity (Wildman–Crippen MR) is 76.3 cm³/mol. The number of carboxylic acid groups (broad SMARTS) is 1. The van der Waals surface area contributed by atoms with Gasteiger partial charge in [0.25, 0.3) is 0 Å². The fraction of sp³-hybridized carbons (Fsp3) is 0.500. The molecular weight excluding hydrogens is 254 g/mol.